The molecule has 0 radical (unpaired) electrons. The van der Waals surface area contributed by atoms with Crippen molar-refractivity contribution in [1.82, 2.24) is 4.90 Å². The van der Waals surface area contributed by atoms with Gasteiger partial charge < -0.3 is 0 Å². The Hall–Kier alpha value is -3.33. The largest absolute Gasteiger partial charge is 0.291 e. The summed E-state index contributed by atoms with van der Waals surface area (Å²) in [5, 5.41) is 0. The molecule has 0 bridgehead atoms. The summed E-state index contributed by atoms with van der Waals surface area (Å²) >= 11 is 0. The fourth-order valence-electron chi connectivity index (χ4n) is 7.45. The molecule has 2 fully saturated rings. The number of hydrogen-bond donors (Lipinski definition) is 0. The fourth-order valence-corrected chi connectivity index (χ4v) is 8.11. The van der Waals surface area contributed by atoms with E-state index in [9.17, 15) is 8.42 Å². The highest BCUT2D eigenvalue weighted by atomic mass is 32.2. The molecule has 0 spiro atoms. The van der Waals surface area contributed by atoms with Crippen LogP contribution in [0, 0.1) is 17.8 Å². The van der Waals surface area contributed by atoms with Crippen molar-refractivity contribution in [2.24, 2.45) is 17.8 Å². The third-order valence-corrected chi connectivity index (χ3v) is 9.83. The van der Waals surface area contributed by atoms with E-state index in [-0.39, 0.29) is 29.8 Å². The van der Waals surface area contributed by atoms with Crippen molar-refractivity contribution in [3.05, 3.63) is 144 Å². The standard InChI is InChI=1S/C37H41NO5S/c1-44(39,40)43-36-25-38-35(27-42-41-26-31-20-12-5-13-21-31)32(22-28-14-6-2-7-15-28)33(23-29-16-8-3-9-17-29)37(38)34(36)24-30-18-10-4-11-19-30/h2-21,32-37H,22-27H2,1H3/t32-,33-,34+,35+,36-,37?/m0/s1. The Labute approximate surface area is 261 Å². The molecule has 0 aliphatic carbocycles. The highest BCUT2D eigenvalue weighted by Gasteiger charge is 2.57. The van der Waals surface area contributed by atoms with Crippen LogP contribution in [0.3, 0.4) is 0 Å². The molecule has 6 atom stereocenters. The van der Waals surface area contributed by atoms with Gasteiger partial charge in [-0.05, 0) is 53.4 Å². The zero-order valence-corrected chi connectivity index (χ0v) is 26.0. The number of benzene rings is 4. The summed E-state index contributed by atoms with van der Waals surface area (Å²) < 4.78 is 30.9. The van der Waals surface area contributed by atoms with Gasteiger partial charge in [0.1, 0.15) is 6.61 Å². The van der Waals surface area contributed by atoms with Gasteiger partial charge in [-0.15, -0.1) is 0 Å². The van der Waals surface area contributed by atoms with Gasteiger partial charge in [-0.1, -0.05) is 121 Å². The molecule has 0 aromatic heterocycles. The maximum absolute atomic E-state index is 12.5. The van der Waals surface area contributed by atoms with E-state index >= 15 is 0 Å². The quantitative estimate of drug-likeness (QED) is 0.0786. The highest BCUT2D eigenvalue weighted by Crippen LogP contribution is 2.49. The fraction of sp³-hybridized carbons (Fsp3) is 0.351. The minimum atomic E-state index is -3.65. The maximum Gasteiger partial charge on any atom is 0.264 e. The molecular weight excluding hydrogens is 570 g/mol. The molecule has 1 unspecified atom stereocenters. The number of hydrogen-bond acceptors (Lipinski definition) is 6. The number of fused-ring (bicyclic) bond motifs is 1. The summed E-state index contributed by atoms with van der Waals surface area (Å²) in [6.45, 7) is 1.28. The van der Waals surface area contributed by atoms with Crippen molar-refractivity contribution in [3.8, 4) is 0 Å². The maximum atomic E-state index is 12.5. The lowest BCUT2D eigenvalue weighted by molar-refractivity contribution is -0.311. The van der Waals surface area contributed by atoms with Crippen LogP contribution in [0.15, 0.2) is 121 Å². The van der Waals surface area contributed by atoms with Crippen LogP contribution in [-0.2, 0) is 49.9 Å². The molecule has 0 saturated carbocycles. The Morgan fingerprint density at radius 1 is 0.614 bits per heavy atom. The van der Waals surface area contributed by atoms with E-state index in [0.717, 1.165) is 31.1 Å². The van der Waals surface area contributed by atoms with Crippen LogP contribution in [0.25, 0.3) is 0 Å². The van der Waals surface area contributed by atoms with Crippen molar-refractivity contribution in [1.29, 1.82) is 0 Å². The van der Waals surface area contributed by atoms with E-state index in [0.29, 0.717) is 19.8 Å². The van der Waals surface area contributed by atoms with E-state index < -0.39 is 16.2 Å². The first-order valence-electron chi connectivity index (χ1n) is 15.5. The molecule has 2 heterocycles. The highest BCUT2D eigenvalue weighted by molar-refractivity contribution is 7.86. The third kappa shape index (κ3) is 7.65. The first-order chi connectivity index (χ1) is 21.4. The average molecular weight is 612 g/mol. The van der Waals surface area contributed by atoms with E-state index in [2.05, 4.69) is 77.7 Å². The van der Waals surface area contributed by atoms with Crippen LogP contribution in [0.4, 0.5) is 0 Å². The first-order valence-corrected chi connectivity index (χ1v) is 17.3. The first kappa shape index (κ1) is 30.7. The van der Waals surface area contributed by atoms with Crippen molar-refractivity contribution in [2.75, 3.05) is 19.4 Å². The zero-order chi connectivity index (χ0) is 30.4. The molecule has 2 aliphatic heterocycles. The lowest BCUT2D eigenvalue weighted by Crippen LogP contribution is -2.39. The Kier molecular flexibility index (Phi) is 9.89. The summed E-state index contributed by atoms with van der Waals surface area (Å²) in [6.07, 6.45) is 3.24. The van der Waals surface area contributed by atoms with Crippen molar-refractivity contribution >= 4 is 10.1 Å². The molecule has 0 N–H and O–H groups in total. The monoisotopic (exact) mass is 611 g/mol. The summed E-state index contributed by atoms with van der Waals surface area (Å²) in [5.74, 6) is 0.511. The predicted molar refractivity (Wildman–Crippen MR) is 172 cm³/mol. The minimum Gasteiger partial charge on any atom is -0.291 e. The Balaban J connectivity index is 1.34. The third-order valence-electron chi connectivity index (χ3n) is 9.23. The van der Waals surface area contributed by atoms with Crippen molar-refractivity contribution < 1.29 is 22.4 Å². The molecule has 2 aliphatic rings. The number of nitrogens with zero attached hydrogens (tertiary/aromatic N) is 1. The summed E-state index contributed by atoms with van der Waals surface area (Å²) in [5.41, 5.74) is 4.80. The second kappa shape index (κ2) is 14.2. The van der Waals surface area contributed by atoms with Crippen LogP contribution in [-0.4, -0.2) is 50.9 Å². The van der Waals surface area contributed by atoms with E-state index in [1.54, 1.807) is 0 Å². The van der Waals surface area contributed by atoms with Gasteiger partial charge in [-0.25, -0.2) is 9.78 Å². The van der Waals surface area contributed by atoms with E-state index in [1.165, 1.54) is 16.7 Å². The van der Waals surface area contributed by atoms with Crippen molar-refractivity contribution in [3.63, 3.8) is 0 Å². The van der Waals surface area contributed by atoms with Crippen LogP contribution < -0.4 is 0 Å². The smallest absolute Gasteiger partial charge is 0.264 e. The lowest BCUT2D eigenvalue weighted by Gasteiger charge is -2.31. The van der Waals surface area contributed by atoms with Gasteiger partial charge in [-0.2, -0.15) is 8.42 Å². The summed E-state index contributed by atoms with van der Waals surface area (Å²) in [6, 6.07) is 41.8. The molecule has 4 aromatic carbocycles. The summed E-state index contributed by atoms with van der Waals surface area (Å²) in [4.78, 5) is 14.2. The SMILES string of the molecule is CS(=O)(=O)O[C@H]1CN2C([C@@H](Cc3ccccc3)[C@H](Cc3ccccc3)[C@H]2COOCc2ccccc2)[C@@H]1Cc1ccccc1. The van der Waals surface area contributed by atoms with E-state index in [4.69, 9.17) is 14.0 Å². The van der Waals surface area contributed by atoms with Crippen molar-refractivity contribution in [2.45, 2.75) is 44.1 Å². The van der Waals surface area contributed by atoms with Gasteiger partial charge in [0.15, 0.2) is 0 Å². The van der Waals surface area contributed by atoms with Crippen LogP contribution in [0.1, 0.15) is 22.3 Å². The molecule has 2 saturated heterocycles. The normalized spacial score (nSPS) is 25.2. The molecule has 4 aromatic rings. The van der Waals surface area contributed by atoms with Gasteiger partial charge in [0.2, 0.25) is 0 Å². The lowest BCUT2D eigenvalue weighted by atomic mass is 9.74. The van der Waals surface area contributed by atoms with Gasteiger partial charge in [0.25, 0.3) is 10.1 Å². The second-order valence-electron chi connectivity index (χ2n) is 12.2. The number of rotatable bonds is 13. The van der Waals surface area contributed by atoms with Gasteiger partial charge in [-0.3, -0.25) is 9.08 Å². The second-order valence-corrected chi connectivity index (χ2v) is 13.8. The Morgan fingerprint density at radius 3 is 1.57 bits per heavy atom. The molecule has 230 valence electrons. The summed E-state index contributed by atoms with van der Waals surface area (Å²) in [7, 11) is -3.65. The zero-order valence-electron chi connectivity index (χ0n) is 25.2. The van der Waals surface area contributed by atoms with Crippen LogP contribution >= 0.6 is 0 Å². The minimum absolute atomic E-state index is 0.00523. The molecule has 6 rings (SSSR count). The Bertz CT molecular complexity index is 1550. The van der Waals surface area contributed by atoms with Gasteiger partial charge in [0, 0.05) is 24.5 Å². The predicted octanol–water partition coefficient (Wildman–Crippen LogP) is 6.12. The van der Waals surface area contributed by atoms with Gasteiger partial charge in [0.05, 0.1) is 19.0 Å². The van der Waals surface area contributed by atoms with Crippen LogP contribution in [0.2, 0.25) is 0 Å². The Morgan fingerprint density at radius 2 is 1.07 bits per heavy atom. The van der Waals surface area contributed by atoms with Crippen LogP contribution in [0.5, 0.6) is 0 Å². The molecule has 7 heteroatoms. The molecular formula is C37H41NO5S. The molecule has 6 nitrogen and oxygen atoms in total. The molecule has 0 amide bonds. The molecule has 44 heavy (non-hydrogen) atoms. The average Bonchev–Trinajstić information content (AvgIpc) is 3.49. The topological polar surface area (TPSA) is 65.1 Å². The van der Waals surface area contributed by atoms with Gasteiger partial charge >= 0.3 is 0 Å². The van der Waals surface area contributed by atoms with E-state index in [1.807, 2.05) is 48.5 Å².